The summed E-state index contributed by atoms with van der Waals surface area (Å²) in [5.41, 5.74) is 0. The Bertz CT molecular complexity index is 63.0. The van der Waals surface area contributed by atoms with Crippen LogP contribution in [0.15, 0.2) is 0 Å². The summed E-state index contributed by atoms with van der Waals surface area (Å²) in [5, 5.41) is 13.5. The molecule has 0 aromatic carbocycles. The molecule has 0 spiro atoms. The first kappa shape index (κ1) is 16.9. The predicted octanol–water partition coefficient (Wildman–Crippen LogP) is 0.595. The molecule has 0 aliphatic heterocycles. The van der Waals surface area contributed by atoms with Gasteiger partial charge in [0.25, 0.3) is 0 Å². The van der Waals surface area contributed by atoms with Crippen LogP contribution < -0.4 is 0 Å². The molecule has 5 heteroatoms. The summed E-state index contributed by atoms with van der Waals surface area (Å²) in [6.45, 7) is 1.00. The summed E-state index contributed by atoms with van der Waals surface area (Å²) in [4.78, 5) is 16.5. The standard InChI is InChI=1S/C4H7.2CHO2.Pt/c1-2-4-3-1;2*2-1-3;/h1H,2-4H2;2*(H,2,3);/q3*-1;. The number of rotatable bonds is 0. The molecule has 1 aliphatic rings. The Morgan fingerprint density at radius 3 is 1.18 bits per heavy atom. The van der Waals surface area contributed by atoms with Gasteiger partial charge in [-0.05, 0) is 0 Å². The Morgan fingerprint density at radius 2 is 1.18 bits per heavy atom. The van der Waals surface area contributed by atoms with Gasteiger partial charge in [0.05, 0.1) is 0 Å². The van der Waals surface area contributed by atoms with Gasteiger partial charge in [-0.3, -0.25) is 0 Å². The van der Waals surface area contributed by atoms with Gasteiger partial charge in [-0.15, -0.1) is 6.42 Å². The monoisotopic (exact) mass is 340 g/mol. The normalized spacial score (nSPS) is 10.9. The van der Waals surface area contributed by atoms with Crippen LogP contribution in [0.1, 0.15) is 19.3 Å². The van der Waals surface area contributed by atoms with Crippen molar-refractivity contribution in [2.24, 2.45) is 0 Å². The molecular formula is C6H9O4Pt-3. The fraction of sp³-hybridized carbons (Fsp3) is 0.500. The molecule has 0 heterocycles. The van der Waals surface area contributed by atoms with Crippen LogP contribution in [0.2, 0.25) is 0 Å². The molecule has 0 radical (unpaired) electrons. The summed E-state index contributed by atoms with van der Waals surface area (Å²) in [6, 6.07) is 0. The first-order valence-electron chi connectivity index (χ1n) is 2.67. The van der Waals surface area contributed by atoms with E-state index in [1.807, 2.05) is 0 Å². The maximum Gasteiger partial charge on any atom is 0 e. The zero-order valence-corrected chi connectivity index (χ0v) is 8.00. The zero-order chi connectivity index (χ0) is 8.24. The maximum atomic E-state index is 8.24. The molecule has 4 nitrogen and oxygen atoms in total. The van der Waals surface area contributed by atoms with Crippen LogP contribution in [-0.4, -0.2) is 23.2 Å². The van der Waals surface area contributed by atoms with Gasteiger partial charge < -0.3 is 26.2 Å². The van der Waals surface area contributed by atoms with Crippen LogP contribution >= 0.6 is 0 Å². The summed E-state index contributed by atoms with van der Waals surface area (Å²) in [5.74, 6) is 0. The SMILES string of the molecule is O=[C-]O.O=[C-]O.[CH-]1CCC1.[Pt]. The minimum atomic E-state index is 0. The second kappa shape index (κ2) is 22.6. The molecular weight excluding hydrogens is 331 g/mol. The number of hydrogen-bond acceptors (Lipinski definition) is 2. The quantitative estimate of drug-likeness (QED) is 0.633. The van der Waals surface area contributed by atoms with E-state index in [1.165, 1.54) is 19.3 Å². The molecule has 11 heavy (non-hydrogen) atoms. The van der Waals surface area contributed by atoms with Crippen LogP contribution in [0.25, 0.3) is 0 Å². The third-order valence-electron chi connectivity index (χ3n) is 0.816. The van der Waals surface area contributed by atoms with E-state index in [9.17, 15) is 0 Å². The zero-order valence-electron chi connectivity index (χ0n) is 5.73. The van der Waals surface area contributed by atoms with Crippen molar-refractivity contribution in [3.8, 4) is 0 Å². The number of aliphatic hydroxyl groups excluding tert-OH is 2. The van der Waals surface area contributed by atoms with E-state index in [1.54, 1.807) is 0 Å². The van der Waals surface area contributed by atoms with Crippen molar-refractivity contribution in [2.75, 3.05) is 0 Å². The Hall–Kier alpha value is -0.372. The van der Waals surface area contributed by atoms with Gasteiger partial charge in [-0.25, -0.2) is 0 Å². The first-order chi connectivity index (χ1) is 4.83. The van der Waals surface area contributed by atoms with E-state index in [-0.39, 0.29) is 21.1 Å². The van der Waals surface area contributed by atoms with Crippen LogP contribution in [0.3, 0.4) is 0 Å². The Morgan fingerprint density at radius 1 is 1.09 bits per heavy atom. The van der Waals surface area contributed by atoms with Crippen molar-refractivity contribution in [1.82, 2.24) is 0 Å². The fourth-order valence-corrected chi connectivity index (χ4v) is 0.204. The van der Waals surface area contributed by atoms with E-state index in [2.05, 4.69) is 6.42 Å². The molecule has 1 saturated carbocycles. The number of hydrogen-bond donors (Lipinski definition) is 2. The van der Waals surface area contributed by atoms with Gasteiger partial charge in [0, 0.05) is 21.1 Å². The molecule has 0 atom stereocenters. The van der Waals surface area contributed by atoms with Gasteiger partial charge in [0.15, 0.2) is 0 Å². The topological polar surface area (TPSA) is 74.6 Å². The smallest absolute Gasteiger partial charge is 0 e. The van der Waals surface area contributed by atoms with Crippen molar-refractivity contribution in [3.63, 3.8) is 0 Å². The molecule has 1 aliphatic carbocycles. The van der Waals surface area contributed by atoms with Crippen LogP contribution in [0.4, 0.5) is 0 Å². The average Bonchev–Trinajstić information content (AvgIpc) is 1.62. The summed E-state index contributed by atoms with van der Waals surface area (Å²) < 4.78 is 0. The van der Waals surface area contributed by atoms with Crippen molar-refractivity contribution in [3.05, 3.63) is 6.42 Å². The Kier molecular flexibility index (Phi) is 34.8. The molecule has 0 unspecified atom stereocenters. The molecule has 0 saturated heterocycles. The Balaban J connectivity index is -0.0000000857. The van der Waals surface area contributed by atoms with Crippen LogP contribution in [0.5, 0.6) is 0 Å². The van der Waals surface area contributed by atoms with Crippen molar-refractivity contribution in [1.29, 1.82) is 0 Å². The van der Waals surface area contributed by atoms with Crippen molar-refractivity contribution in [2.45, 2.75) is 19.3 Å². The minimum Gasteiger partial charge on any atom is -0.665 e. The van der Waals surface area contributed by atoms with E-state index in [4.69, 9.17) is 19.8 Å². The van der Waals surface area contributed by atoms with Gasteiger partial charge >= 0.3 is 0 Å². The van der Waals surface area contributed by atoms with E-state index in [0.29, 0.717) is 12.9 Å². The average molecular weight is 340 g/mol. The predicted molar refractivity (Wildman–Crippen MR) is 34.8 cm³/mol. The molecule has 0 amide bonds. The second-order valence-electron chi connectivity index (χ2n) is 1.40. The van der Waals surface area contributed by atoms with Gasteiger partial charge in [0.2, 0.25) is 0 Å². The largest absolute Gasteiger partial charge is 0.665 e. The molecule has 0 aromatic heterocycles. The fourth-order valence-electron chi connectivity index (χ4n) is 0.204. The van der Waals surface area contributed by atoms with Crippen LogP contribution in [0, 0.1) is 6.42 Å². The summed E-state index contributed by atoms with van der Waals surface area (Å²) in [7, 11) is 0. The van der Waals surface area contributed by atoms with Gasteiger partial charge in [-0.1, -0.05) is 12.9 Å². The van der Waals surface area contributed by atoms with Crippen LogP contribution in [-0.2, 0) is 30.7 Å². The third kappa shape index (κ3) is 42.6. The minimum absolute atomic E-state index is 0. The van der Waals surface area contributed by atoms with Crippen molar-refractivity contribution < 1.29 is 40.9 Å². The Labute approximate surface area is 79.9 Å². The second-order valence-corrected chi connectivity index (χ2v) is 1.40. The third-order valence-corrected chi connectivity index (χ3v) is 0.816. The molecule has 1 fully saturated rings. The summed E-state index contributed by atoms with van der Waals surface area (Å²) in [6.07, 6.45) is 6.50. The molecule has 0 aromatic rings. The summed E-state index contributed by atoms with van der Waals surface area (Å²) >= 11 is 0. The molecule has 1 rings (SSSR count). The molecule has 2 N–H and O–H groups in total. The van der Waals surface area contributed by atoms with E-state index in [0.717, 1.165) is 0 Å². The first-order valence-corrected chi connectivity index (χ1v) is 2.67. The van der Waals surface area contributed by atoms with E-state index < -0.39 is 0 Å². The van der Waals surface area contributed by atoms with Gasteiger partial charge in [-0.2, -0.15) is 12.8 Å². The maximum absolute atomic E-state index is 8.24. The van der Waals surface area contributed by atoms with E-state index >= 15 is 0 Å². The van der Waals surface area contributed by atoms with Crippen molar-refractivity contribution >= 4 is 12.9 Å². The molecule has 70 valence electrons. The van der Waals surface area contributed by atoms with Gasteiger partial charge in [0.1, 0.15) is 0 Å². The molecule has 0 bridgehead atoms.